The maximum absolute atomic E-state index is 12.6. The van der Waals surface area contributed by atoms with Gasteiger partial charge >= 0.3 is 0 Å². The molecule has 0 radical (unpaired) electrons. The van der Waals surface area contributed by atoms with Crippen molar-refractivity contribution in [3.05, 3.63) is 47.8 Å². The third-order valence-corrected chi connectivity index (χ3v) is 4.90. The van der Waals surface area contributed by atoms with Gasteiger partial charge in [-0.15, -0.1) is 0 Å². The Kier molecular flexibility index (Phi) is 5.93. The maximum Gasteiger partial charge on any atom is 0.225 e. The summed E-state index contributed by atoms with van der Waals surface area (Å²) in [6.07, 6.45) is 3.84. The van der Waals surface area contributed by atoms with Gasteiger partial charge in [0, 0.05) is 32.3 Å². The minimum atomic E-state index is -0.0675. The summed E-state index contributed by atoms with van der Waals surface area (Å²) in [6, 6.07) is 8.07. The molecule has 1 aromatic carbocycles. The molecule has 0 unspecified atom stereocenters. The highest BCUT2D eigenvalue weighted by molar-refractivity contribution is 5.80. The summed E-state index contributed by atoms with van der Waals surface area (Å²) in [5, 5.41) is 10.6. The lowest BCUT2D eigenvalue weighted by atomic mass is 9.90. The van der Waals surface area contributed by atoms with E-state index in [0.29, 0.717) is 25.6 Å². The molecular weight excluding hydrogens is 328 g/mol. The number of amides is 1. The van der Waals surface area contributed by atoms with Crippen molar-refractivity contribution in [3.8, 4) is 5.75 Å². The highest BCUT2D eigenvalue weighted by Gasteiger charge is 2.34. The fourth-order valence-corrected chi connectivity index (χ4v) is 3.49. The number of aromatic nitrogens is 2. The van der Waals surface area contributed by atoms with E-state index in [-0.39, 0.29) is 17.7 Å². The molecule has 3 rings (SSSR count). The molecule has 1 fully saturated rings. The molecule has 1 aliphatic heterocycles. The minimum Gasteiger partial charge on any atom is -0.491 e. The molecule has 1 saturated heterocycles. The number of hydrogen-bond donors (Lipinski definition) is 2. The van der Waals surface area contributed by atoms with Gasteiger partial charge in [0.05, 0.1) is 18.7 Å². The van der Waals surface area contributed by atoms with Crippen LogP contribution < -0.4 is 15.4 Å². The van der Waals surface area contributed by atoms with Crippen LogP contribution in [-0.2, 0) is 11.8 Å². The molecule has 140 valence electrons. The van der Waals surface area contributed by atoms with E-state index in [1.54, 1.807) is 4.68 Å². The number of rotatable bonds is 7. The van der Waals surface area contributed by atoms with Gasteiger partial charge in [0.1, 0.15) is 12.4 Å². The van der Waals surface area contributed by atoms with Crippen LogP contribution in [0.2, 0.25) is 0 Å². The fourth-order valence-electron chi connectivity index (χ4n) is 3.49. The molecule has 0 spiro atoms. The zero-order valence-electron chi connectivity index (χ0n) is 15.7. The van der Waals surface area contributed by atoms with Gasteiger partial charge in [-0.3, -0.25) is 9.48 Å². The maximum atomic E-state index is 12.6. The summed E-state index contributed by atoms with van der Waals surface area (Å²) in [5.74, 6) is 1.48. The van der Waals surface area contributed by atoms with E-state index >= 15 is 0 Å². The standard InChI is InChI=1S/C20H28N4O2/c1-14(2)16-6-4-5-7-19(16)26-9-8-22-20(25)18-12-21-11-17(18)15-10-23-24(3)13-15/h4-7,10,13-14,17-18,21H,8-9,11-12H2,1-3H3,(H,22,25)/t17-,18+/m1/s1. The molecule has 0 saturated carbocycles. The van der Waals surface area contributed by atoms with Crippen LogP contribution in [0, 0.1) is 5.92 Å². The van der Waals surface area contributed by atoms with Crippen LogP contribution in [-0.4, -0.2) is 41.9 Å². The summed E-state index contributed by atoms with van der Waals surface area (Å²) in [6.45, 7) is 6.77. The third-order valence-electron chi connectivity index (χ3n) is 4.90. The number of carbonyl (C=O) groups is 1. The molecule has 2 N–H and O–H groups in total. The Morgan fingerprint density at radius 1 is 1.38 bits per heavy atom. The average Bonchev–Trinajstić information content (AvgIpc) is 3.27. The van der Waals surface area contributed by atoms with Crippen molar-refractivity contribution in [2.75, 3.05) is 26.2 Å². The highest BCUT2D eigenvalue weighted by atomic mass is 16.5. The number of carbonyl (C=O) groups excluding carboxylic acids is 1. The van der Waals surface area contributed by atoms with Crippen LogP contribution in [0.3, 0.4) is 0 Å². The quantitative estimate of drug-likeness (QED) is 0.745. The van der Waals surface area contributed by atoms with E-state index < -0.39 is 0 Å². The van der Waals surface area contributed by atoms with Crippen molar-refractivity contribution < 1.29 is 9.53 Å². The Labute approximate surface area is 154 Å². The summed E-state index contributed by atoms with van der Waals surface area (Å²) in [4.78, 5) is 12.6. The summed E-state index contributed by atoms with van der Waals surface area (Å²) < 4.78 is 7.66. The fraction of sp³-hybridized carbons (Fsp3) is 0.500. The Morgan fingerprint density at radius 2 is 2.19 bits per heavy atom. The molecule has 6 nitrogen and oxygen atoms in total. The molecule has 0 aliphatic carbocycles. The number of nitrogens with zero attached hydrogens (tertiary/aromatic N) is 2. The lowest BCUT2D eigenvalue weighted by Gasteiger charge is -2.18. The van der Waals surface area contributed by atoms with Crippen LogP contribution >= 0.6 is 0 Å². The largest absolute Gasteiger partial charge is 0.491 e. The van der Waals surface area contributed by atoms with Crippen molar-refractivity contribution in [2.45, 2.75) is 25.7 Å². The molecule has 1 aliphatic rings. The molecule has 1 aromatic heterocycles. The van der Waals surface area contributed by atoms with Crippen LogP contribution in [0.4, 0.5) is 0 Å². The molecular formula is C20H28N4O2. The Hall–Kier alpha value is -2.34. The summed E-state index contributed by atoms with van der Waals surface area (Å²) in [5.41, 5.74) is 2.30. The molecule has 2 atom stereocenters. The van der Waals surface area contributed by atoms with E-state index in [9.17, 15) is 4.79 Å². The number of nitrogens with one attached hydrogen (secondary N) is 2. The van der Waals surface area contributed by atoms with Crippen molar-refractivity contribution >= 4 is 5.91 Å². The number of para-hydroxylation sites is 1. The number of ether oxygens (including phenoxy) is 1. The average molecular weight is 356 g/mol. The van der Waals surface area contributed by atoms with E-state index in [2.05, 4.69) is 35.6 Å². The molecule has 0 bridgehead atoms. The molecule has 6 heteroatoms. The second-order valence-corrected chi connectivity index (χ2v) is 7.15. The van der Waals surface area contributed by atoms with Gasteiger partial charge in [-0.2, -0.15) is 5.10 Å². The van der Waals surface area contributed by atoms with Gasteiger partial charge in [-0.1, -0.05) is 32.0 Å². The van der Waals surface area contributed by atoms with Gasteiger partial charge in [0.25, 0.3) is 0 Å². The zero-order valence-corrected chi connectivity index (χ0v) is 15.7. The number of aryl methyl sites for hydroxylation is 1. The molecule has 2 aromatic rings. The second-order valence-electron chi connectivity index (χ2n) is 7.15. The third kappa shape index (κ3) is 4.25. The number of benzene rings is 1. The first-order chi connectivity index (χ1) is 12.6. The molecule has 2 heterocycles. The van der Waals surface area contributed by atoms with Gasteiger partial charge < -0.3 is 15.4 Å². The van der Waals surface area contributed by atoms with Crippen molar-refractivity contribution in [2.24, 2.45) is 13.0 Å². The summed E-state index contributed by atoms with van der Waals surface area (Å²) in [7, 11) is 1.90. The Balaban J connectivity index is 1.50. The first kappa shape index (κ1) is 18.5. The highest BCUT2D eigenvalue weighted by Crippen LogP contribution is 2.28. The van der Waals surface area contributed by atoms with Crippen molar-refractivity contribution in [1.82, 2.24) is 20.4 Å². The predicted octanol–water partition coefficient (Wildman–Crippen LogP) is 2.04. The van der Waals surface area contributed by atoms with E-state index in [0.717, 1.165) is 17.9 Å². The second kappa shape index (κ2) is 8.36. The molecule has 26 heavy (non-hydrogen) atoms. The predicted molar refractivity (Wildman–Crippen MR) is 101 cm³/mol. The first-order valence-electron chi connectivity index (χ1n) is 9.25. The van der Waals surface area contributed by atoms with Crippen molar-refractivity contribution in [3.63, 3.8) is 0 Å². The topological polar surface area (TPSA) is 68.2 Å². The Bertz CT molecular complexity index is 741. The Morgan fingerprint density at radius 3 is 2.92 bits per heavy atom. The molecule has 1 amide bonds. The monoisotopic (exact) mass is 356 g/mol. The van der Waals surface area contributed by atoms with E-state index in [1.165, 1.54) is 5.56 Å². The summed E-state index contributed by atoms with van der Waals surface area (Å²) >= 11 is 0. The smallest absolute Gasteiger partial charge is 0.225 e. The van der Waals surface area contributed by atoms with Crippen LogP contribution in [0.1, 0.15) is 36.8 Å². The van der Waals surface area contributed by atoms with Crippen LogP contribution in [0.5, 0.6) is 5.75 Å². The van der Waals surface area contributed by atoms with Crippen LogP contribution in [0.15, 0.2) is 36.7 Å². The first-order valence-corrected chi connectivity index (χ1v) is 9.25. The van der Waals surface area contributed by atoms with Gasteiger partial charge in [0.15, 0.2) is 0 Å². The van der Waals surface area contributed by atoms with Gasteiger partial charge in [0.2, 0.25) is 5.91 Å². The van der Waals surface area contributed by atoms with Gasteiger partial charge in [-0.05, 0) is 23.1 Å². The SMILES string of the molecule is CC(C)c1ccccc1OCCNC(=O)[C@H]1CNC[C@@H]1c1cnn(C)c1. The van der Waals surface area contributed by atoms with E-state index in [1.807, 2.05) is 37.6 Å². The van der Waals surface area contributed by atoms with Gasteiger partial charge in [-0.25, -0.2) is 0 Å². The zero-order chi connectivity index (χ0) is 18.5. The van der Waals surface area contributed by atoms with Crippen LogP contribution in [0.25, 0.3) is 0 Å². The lowest BCUT2D eigenvalue weighted by molar-refractivity contribution is -0.124. The normalized spacial score (nSPS) is 19.7. The lowest BCUT2D eigenvalue weighted by Crippen LogP contribution is -2.36. The van der Waals surface area contributed by atoms with Crippen molar-refractivity contribution in [1.29, 1.82) is 0 Å². The minimum absolute atomic E-state index is 0.0675. The van der Waals surface area contributed by atoms with E-state index in [4.69, 9.17) is 4.74 Å². The number of hydrogen-bond acceptors (Lipinski definition) is 4.